The molecule has 2 atom stereocenters. The Labute approximate surface area is 138 Å². The first-order valence-corrected chi connectivity index (χ1v) is 8.46. The molecule has 1 aromatic carbocycles. The Morgan fingerprint density at radius 2 is 2.13 bits per heavy atom. The molecule has 1 heterocycles. The molecule has 0 aliphatic carbocycles. The molecule has 1 aromatic rings. The zero-order valence-electron chi connectivity index (χ0n) is 13.8. The number of carbonyl (C=O) groups is 1. The highest BCUT2D eigenvalue weighted by Gasteiger charge is 2.29. The molecule has 5 nitrogen and oxygen atoms in total. The molecule has 1 N–H and O–H groups in total. The van der Waals surface area contributed by atoms with Crippen molar-refractivity contribution in [2.45, 2.75) is 51.4 Å². The van der Waals surface area contributed by atoms with Crippen LogP contribution in [-0.2, 0) is 16.1 Å². The Morgan fingerprint density at radius 3 is 2.87 bits per heavy atom. The van der Waals surface area contributed by atoms with Crippen LogP contribution in [-0.4, -0.2) is 48.0 Å². The second kappa shape index (κ2) is 9.53. The van der Waals surface area contributed by atoms with E-state index in [2.05, 4.69) is 6.92 Å². The third kappa shape index (κ3) is 5.84. The van der Waals surface area contributed by atoms with E-state index in [1.54, 1.807) is 4.90 Å². The number of benzene rings is 1. The number of amides is 1. The topological polar surface area (TPSA) is 59.0 Å². The molecule has 0 spiro atoms. The number of unbranched alkanes of at least 4 members (excludes halogenated alkanes) is 1. The maximum absolute atomic E-state index is 12.0. The lowest BCUT2D eigenvalue weighted by atomic mass is 10.1. The van der Waals surface area contributed by atoms with Crippen LogP contribution in [0.3, 0.4) is 0 Å². The van der Waals surface area contributed by atoms with Crippen LogP contribution >= 0.6 is 0 Å². The third-order valence-electron chi connectivity index (χ3n) is 4.04. The molecule has 0 saturated carbocycles. The van der Waals surface area contributed by atoms with E-state index in [0.29, 0.717) is 19.8 Å². The summed E-state index contributed by atoms with van der Waals surface area (Å²) in [6.07, 6.45) is 2.15. The van der Waals surface area contributed by atoms with Gasteiger partial charge in [-0.25, -0.2) is 4.79 Å². The maximum Gasteiger partial charge on any atom is 0.409 e. The SMILES string of the molecule is CCCCOC(=O)N1CCC[C@@H](OCc2ccccc2)[C@@H](O)C1. The Balaban J connectivity index is 1.80. The minimum Gasteiger partial charge on any atom is -0.449 e. The standard InChI is InChI=1S/C18H27NO4/c1-2-3-12-22-18(21)19-11-7-10-17(16(20)13-19)23-14-15-8-5-4-6-9-15/h4-6,8-9,16-17,20H,2-3,7,10-14H2,1H3/t16-,17+/m0/s1. The van der Waals surface area contributed by atoms with Gasteiger partial charge in [0.05, 0.1) is 32.0 Å². The number of hydrogen-bond donors (Lipinski definition) is 1. The molecular formula is C18H27NO4. The van der Waals surface area contributed by atoms with E-state index in [-0.39, 0.29) is 18.7 Å². The molecule has 0 bridgehead atoms. The number of aliphatic hydroxyl groups is 1. The smallest absolute Gasteiger partial charge is 0.409 e. The second-order valence-electron chi connectivity index (χ2n) is 5.96. The monoisotopic (exact) mass is 321 g/mol. The predicted molar refractivity (Wildman–Crippen MR) is 88.1 cm³/mol. The van der Waals surface area contributed by atoms with Gasteiger partial charge in [-0.3, -0.25) is 0 Å². The van der Waals surface area contributed by atoms with Crippen molar-refractivity contribution in [2.75, 3.05) is 19.7 Å². The minimum absolute atomic E-state index is 0.247. The van der Waals surface area contributed by atoms with Crippen molar-refractivity contribution < 1.29 is 19.4 Å². The predicted octanol–water partition coefficient (Wildman–Crippen LogP) is 2.97. The summed E-state index contributed by atoms with van der Waals surface area (Å²) in [5.41, 5.74) is 1.08. The van der Waals surface area contributed by atoms with E-state index >= 15 is 0 Å². The first kappa shape index (κ1) is 17.8. The summed E-state index contributed by atoms with van der Waals surface area (Å²) in [7, 11) is 0. The van der Waals surface area contributed by atoms with Gasteiger partial charge in [0.2, 0.25) is 0 Å². The summed E-state index contributed by atoms with van der Waals surface area (Å²) in [4.78, 5) is 13.6. The molecule has 2 rings (SSSR count). The van der Waals surface area contributed by atoms with Crippen LogP contribution in [0.5, 0.6) is 0 Å². The molecule has 23 heavy (non-hydrogen) atoms. The molecule has 0 radical (unpaired) electrons. The highest BCUT2D eigenvalue weighted by Crippen LogP contribution is 2.17. The van der Waals surface area contributed by atoms with E-state index in [1.807, 2.05) is 30.3 Å². The summed E-state index contributed by atoms with van der Waals surface area (Å²) in [6.45, 7) is 3.84. The molecular weight excluding hydrogens is 294 g/mol. The van der Waals surface area contributed by atoms with Crippen LogP contribution in [0, 0.1) is 0 Å². The van der Waals surface area contributed by atoms with Crippen LogP contribution < -0.4 is 0 Å². The fraction of sp³-hybridized carbons (Fsp3) is 0.611. The molecule has 1 aliphatic rings. The fourth-order valence-electron chi connectivity index (χ4n) is 2.64. The van der Waals surface area contributed by atoms with Crippen LogP contribution in [0.25, 0.3) is 0 Å². The maximum atomic E-state index is 12.0. The number of β-amino-alcohol motifs (C(OH)–C–C–N with tert-alkyl or cyclic N) is 1. The van der Waals surface area contributed by atoms with Gasteiger partial charge in [0, 0.05) is 6.54 Å². The molecule has 0 unspecified atom stereocenters. The number of carbonyl (C=O) groups excluding carboxylic acids is 1. The normalized spacial score (nSPS) is 21.7. The third-order valence-corrected chi connectivity index (χ3v) is 4.04. The minimum atomic E-state index is -0.681. The average Bonchev–Trinajstić information content (AvgIpc) is 2.75. The Bertz CT molecular complexity index is 465. The summed E-state index contributed by atoms with van der Waals surface area (Å²) >= 11 is 0. The van der Waals surface area contributed by atoms with Crippen molar-refractivity contribution in [3.05, 3.63) is 35.9 Å². The van der Waals surface area contributed by atoms with E-state index < -0.39 is 6.10 Å². The number of ether oxygens (including phenoxy) is 2. The van der Waals surface area contributed by atoms with E-state index in [0.717, 1.165) is 31.2 Å². The van der Waals surface area contributed by atoms with Crippen molar-refractivity contribution in [1.82, 2.24) is 4.90 Å². The highest BCUT2D eigenvalue weighted by atomic mass is 16.6. The van der Waals surface area contributed by atoms with E-state index in [1.165, 1.54) is 0 Å². The summed E-state index contributed by atoms with van der Waals surface area (Å²) in [6, 6.07) is 9.90. The summed E-state index contributed by atoms with van der Waals surface area (Å²) in [5, 5.41) is 10.3. The lowest BCUT2D eigenvalue weighted by molar-refractivity contribution is -0.0500. The molecule has 1 amide bonds. The van der Waals surface area contributed by atoms with Crippen molar-refractivity contribution in [1.29, 1.82) is 0 Å². The summed E-state index contributed by atoms with van der Waals surface area (Å²) in [5.74, 6) is 0. The van der Waals surface area contributed by atoms with E-state index in [4.69, 9.17) is 9.47 Å². The highest BCUT2D eigenvalue weighted by molar-refractivity contribution is 5.67. The van der Waals surface area contributed by atoms with Gasteiger partial charge in [-0.1, -0.05) is 43.7 Å². The molecule has 1 fully saturated rings. The number of nitrogens with zero attached hydrogens (tertiary/aromatic N) is 1. The van der Waals surface area contributed by atoms with Crippen molar-refractivity contribution in [2.24, 2.45) is 0 Å². The van der Waals surface area contributed by atoms with Crippen LogP contribution in [0.15, 0.2) is 30.3 Å². The number of hydrogen-bond acceptors (Lipinski definition) is 4. The average molecular weight is 321 g/mol. The second-order valence-corrected chi connectivity index (χ2v) is 5.96. The van der Waals surface area contributed by atoms with Gasteiger partial charge < -0.3 is 19.5 Å². The van der Waals surface area contributed by atoms with Crippen molar-refractivity contribution in [3.8, 4) is 0 Å². The van der Waals surface area contributed by atoms with Crippen LogP contribution in [0.2, 0.25) is 0 Å². The zero-order valence-corrected chi connectivity index (χ0v) is 13.8. The zero-order chi connectivity index (χ0) is 16.5. The van der Waals surface area contributed by atoms with E-state index in [9.17, 15) is 9.90 Å². The van der Waals surface area contributed by atoms with Gasteiger partial charge >= 0.3 is 6.09 Å². The largest absolute Gasteiger partial charge is 0.449 e. The number of likely N-dealkylation sites (tertiary alicyclic amines) is 1. The molecule has 0 aromatic heterocycles. The molecule has 5 heteroatoms. The first-order chi connectivity index (χ1) is 11.2. The number of aliphatic hydroxyl groups excluding tert-OH is 1. The molecule has 1 aliphatic heterocycles. The van der Waals surface area contributed by atoms with Gasteiger partial charge in [-0.15, -0.1) is 0 Å². The van der Waals surface area contributed by atoms with Gasteiger partial charge in [-0.05, 0) is 24.8 Å². The quantitative estimate of drug-likeness (QED) is 0.818. The molecule has 128 valence electrons. The lowest BCUT2D eigenvalue weighted by Gasteiger charge is -2.24. The molecule has 1 saturated heterocycles. The Morgan fingerprint density at radius 1 is 1.35 bits per heavy atom. The van der Waals surface area contributed by atoms with Gasteiger partial charge in [-0.2, -0.15) is 0 Å². The van der Waals surface area contributed by atoms with Crippen LogP contribution in [0.1, 0.15) is 38.2 Å². The van der Waals surface area contributed by atoms with Gasteiger partial charge in [0.1, 0.15) is 0 Å². The van der Waals surface area contributed by atoms with Gasteiger partial charge in [0.15, 0.2) is 0 Å². The van der Waals surface area contributed by atoms with Gasteiger partial charge in [0.25, 0.3) is 0 Å². The van der Waals surface area contributed by atoms with Crippen molar-refractivity contribution in [3.63, 3.8) is 0 Å². The number of rotatable bonds is 6. The Hall–Kier alpha value is -1.59. The summed E-state index contributed by atoms with van der Waals surface area (Å²) < 4.78 is 11.1. The fourth-order valence-corrected chi connectivity index (χ4v) is 2.64. The van der Waals surface area contributed by atoms with Crippen molar-refractivity contribution >= 4 is 6.09 Å². The Kier molecular flexibility index (Phi) is 7.36. The first-order valence-electron chi connectivity index (χ1n) is 8.46. The van der Waals surface area contributed by atoms with Crippen LogP contribution in [0.4, 0.5) is 4.79 Å². The lowest BCUT2D eigenvalue weighted by Crippen LogP contribution is -2.40.